The number of rotatable bonds is 7. The number of hydrogen-bond acceptors (Lipinski definition) is 4. The quantitative estimate of drug-likeness (QED) is 0.569. The van der Waals surface area contributed by atoms with Gasteiger partial charge < -0.3 is 10.2 Å². The molecular formula is C23H22FN3O4S. The van der Waals surface area contributed by atoms with Crippen LogP contribution in [-0.2, 0) is 14.8 Å². The highest BCUT2D eigenvalue weighted by Gasteiger charge is 2.17. The Kier molecular flexibility index (Phi) is 6.89. The molecule has 0 saturated heterocycles. The zero-order valence-electron chi connectivity index (χ0n) is 17.5. The third-order valence-electron chi connectivity index (χ3n) is 4.57. The van der Waals surface area contributed by atoms with E-state index < -0.39 is 21.7 Å². The molecule has 0 aliphatic heterocycles. The van der Waals surface area contributed by atoms with Gasteiger partial charge in [0.1, 0.15) is 5.82 Å². The Morgan fingerprint density at radius 3 is 2.03 bits per heavy atom. The molecule has 3 aromatic rings. The highest BCUT2D eigenvalue weighted by atomic mass is 32.2. The molecule has 2 amide bonds. The average Bonchev–Trinajstić information content (AvgIpc) is 2.75. The molecule has 32 heavy (non-hydrogen) atoms. The van der Waals surface area contributed by atoms with Gasteiger partial charge in [-0.2, -0.15) is 0 Å². The number of aryl methyl sites for hydroxylation is 1. The van der Waals surface area contributed by atoms with Gasteiger partial charge in [-0.1, -0.05) is 17.7 Å². The monoisotopic (exact) mass is 455 g/mol. The van der Waals surface area contributed by atoms with Crippen LogP contribution in [0, 0.1) is 12.7 Å². The van der Waals surface area contributed by atoms with Crippen LogP contribution in [0.15, 0.2) is 77.7 Å². The van der Waals surface area contributed by atoms with Crippen LogP contribution in [0.25, 0.3) is 0 Å². The van der Waals surface area contributed by atoms with Gasteiger partial charge in [-0.25, -0.2) is 12.8 Å². The molecule has 166 valence electrons. The molecule has 0 aliphatic rings. The Labute approximate surface area is 185 Å². The maximum absolute atomic E-state index is 13.0. The van der Waals surface area contributed by atoms with Crippen molar-refractivity contribution in [2.24, 2.45) is 0 Å². The van der Waals surface area contributed by atoms with E-state index in [9.17, 15) is 22.4 Å². The molecule has 3 aromatic carbocycles. The Morgan fingerprint density at radius 2 is 1.44 bits per heavy atom. The lowest BCUT2D eigenvalue weighted by Crippen LogP contribution is -2.34. The number of anilines is 2. The van der Waals surface area contributed by atoms with E-state index in [4.69, 9.17) is 0 Å². The molecular weight excluding hydrogens is 433 g/mol. The van der Waals surface area contributed by atoms with Gasteiger partial charge >= 0.3 is 0 Å². The fourth-order valence-corrected chi connectivity index (χ4v) is 3.91. The number of amides is 2. The lowest BCUT2D eigenvalue weighted by Gasteiger charge is -2.17. The van der Waals surface area contributed by atoms with Gasteiger partial charge in [0, 0.05) is 24.0 Å². The van der Waals surface area contributed by atoms with Crippen LogP contribution in [0.1, 0.15) is 15.9 Å². The molecule has 0 aromatic heterocycles. The van der Waals surface area contributed by atoms with Gasteiger partial charge in [0.05, 0.1) is 11.4 Å². The van der Waals surface area contributed by atoms with Crippen LogP contribution in [-0.4, -0.2) is 38.7 Å². The molecule has 0 atom stereocenters. The zero-order chi connectivity index (χ0) is 23.3. The minimum absolute atomic E-state index is 0.0848. The van der Waals surface area contributed by atoms with E-state index in [1.807, 2.05) is 19.1 Å². The summed E-state index contributed by atoms with van der Waals surface area (Å²) in [5.41, 5.74) is 2.24. The first-order valence-electron chi connectivity index (χ1n) is 9.64. The second kappa shape index (κ2) is 9.61. The molecule has 0 bridgehead atoms. The predicted octanol–water partition coefficient (Wildman–Crippen LogP) is 3.65. The molecule has 0 unspecified atom stereocenters. The number of halogens is 1. The van der Waals surface area contributed by atoms with Gasteiger partial charge in [-0.05, 0) is 67.6 Å². The van der Waals surface area contributed by atoms with E-state index in [1.54, 1.807) is 12.1 Å². The predicted molar refractivity (Wildman–Crippen MR) is 120 cm³/mol. The van der Waals surface area contributed by atoms with E-state index in [-0.39, 0.29) is 23.0 Å². The summed E-state index contributed by atoms with van der Waals surface area (Å²) in [5.74, 6) is -1.27. The fraction of sp³-hybridized carbons (Fsp3) is 0.130. The van der Waals surface area contributed by atoms with Gasteiger partial charge in [0.2, 0.25) is 5.91 Å². The first-order chi connectivity index (χ1) is 15.1. The van der Waals surface area contributed by atoms with Crippen molar-refractivity contribution in [3.63, 3.8) is 0 Å². The van der Waals surface area contributed by atoms with E-state index in [1.165, 1.54) is 36.2 Å². The van der Waals surface area contributed by atoms with Gasteiger partial charge in [0.25, 0.3) is 15.9 Å². The summed E-state index contributed by atoms with van der Waals surface area (Å²) in [6.45, 7) is 1.79. The average molecular weight is 456 g/mol. The van der Waals surface area contributed by atoms with Gasteiger partial charge in [0.15, 0.2) is 0 Å². The molecule has 0 saturated carbocycles. The van der Waals surface area contributed by atoms with E-state index in [2.05, 4.69) is 10.0 Å². The fourth-order valence-electron chi connectivity index (χ4n) is 2.85. The second-order valence-corrected chi connectivity index (χ2v) is 8.89. The number of carbonyl (C=O) groups excluding carboxylic acids is 2. The summed E-state index contributed by atoms with van der Waals surface area (Å²) in [5, 5.41) is 2.73. The van der Waals surface area contributed by atoms with Crippen molar-refractivity contribution in [2.75, 3.05) is 23.6 Å². The number of hydrogen-bond donors (Lipinski definition) is 2. The summed E-state index contributed by atoms with van der Waals surface area (Å²) in [6.07, 6.45) is 0. The Balaban J connectivity index is 1.60. The van der Waals surface area contributed by atoms with Crippen molar-refractivity contribution in [2.45, 2.75) is 11.8 Å². The number of nitrogens with zero attached hydrogens (tertiary/aromatic N) is 1. The summed E-state index contributed by atoms with van der Waals surface area (Å²) >= 11 is 0. The number of benzene rings is 3. The summed E-state index contributed by atoms with van der Waals surface area (Å²) in [4.78, 5) is 26.0. The highest BCUT2D eigenvalue weighted by molar-refractivity contribution is 7.92. The number of sulfonamides is 1. The van der Waals surface area contributed by atoms with Crippen LogP contribution in [0.3, 0.4) is 0 Å². The lowest BCUT2D eigenvalue weighted by molar-refractivity contribution is -0.116. The first-order valence-corrected chi connectivity index (χ1v) is 11.1. The highest BCUT2D eigenvalue weighted by Crippen LogP contribution is 2.18. The van der Waals surface area contributed by atoms with Gasteiger partial charge in [-0.15, -0.1) is 0 Å². The van der Waals surface area contributed by atoms with E-state index in [0.29, 0.717) is 11.3 Å². The summed E-state index contributed by atoms with van der Waals surface area (Å²) in [6, 6.07) is 17.5. The Hall–Kier alpha value is -3.72. The van der Waals surface area contributed by atoms with Crippen LogP contribution in [0.4, 0.5) is 15.8 Å². The molecule has 7 nitrogen and oxygen atoms in total. The number of carbonyl (C=O) groups is 2. The zero-order valence-corrected chi connectivity index (χ0v) is 18.3. The van der Waals surface area contributed by atoms with Crippen molar-refractivity contribution >= 4 is 33.2 Å². The van der Waals surface area contributed by atoms with Crippen LogP contribution < -0.4 is 10.0 Å². The van der Waals surface area contributed by atoms with Crippen LogP contribution in [0.5, 0.6) is 0 Å². The number of nitrogens with one attached hydrogen (secondary N) is 2. The van der Waals surface area contributed by atoms with Gasteiger partial charge in [-0.3, -0.25) is 14.3 Å². The van der Waals surface area contributed by atoms with Crippen LogP contribution >= 0.6 is 0 Å². The molecule has 0 radical (unpaired) electrons. The largest absolute Gasteiger partial charge is 0.332 e. The molecule has 2 N–H and O–H groups in total. The molecule has 0 spiro atoms. The lowest BCUT2D eigenvalue weighted by atomic mass is 10.2. The second-order valence-electron chi connectivity index (χ2n) is 7.21. The van der Waals surface area contributed by atoms with Crippen molar-refractivity contribution in [1.29, 1.82) is 0 Å². The van der Waals surface area contributed by atoms with Crippen molar-refractivity contribution in [3.05, 3.63) is 89.7 Å². The first kappa shape index (κ1) is 23.0. The summed E-state index contributed by atoms with van der Waals surface area (Å²) in [7, 11) is -2.39. The Morgan fingerprint density at radius 1 is 0.875 bits per heavy atom. The van der Waals surface area contributed by atoms with Crippen LogP contribution in [0.2, 0.25) is 0 Å². The minimum atomic E-state index is -3.89. The van der Waals surface area contributed by atoms with Crippen molar-refractivity contribution in [3.8, 4) is 0 Å². The minimum Gasteiger partial charge on any atom is -0.332 e. The smallest absolute Gasteiger partial charge is 0.261 e. The van der Waals surface area contributed by atoms with E-state index >= 15 is 0 Å². The molecule has 0 heterocycles. The SMILES string of the molecule is Cc1ccc(NC(=O)CN(C)C(=O)c2ccc(NS(=O)(=O)c3ccc(F)cc3)cc2)cc1. The maximum atomic E-state index is 13.0. The molecule has 9 heteroatoms. The summed E-state index contributed by atoms with van der Waals surface area (Å²) < 4.78 is 40.1. The standard InChI is InChI=1S/C23H22FN3O4S/c1-16-3-9-19(10-4-16)25-22(28)15-27(2)23(29)17-5-11-20(12-6-17)26-32(30,31)21-13-7-18(24)8-14-21/h3-14,26H,15H2,1-2H3,(H,25,28). The normalized spacial score (nSPS) is 11.0. The molecule has 3 rings (SSSR count). The van der Waals surface area contributed by atoms with E-state index in [0.717, 1.165) is 29.8 Å². The third-order valence-corrected chi connectivity index (χ3v) is 5.97. The van der Waals surface area contributed by atoms with Crippen molar-refractivity contribution < 1.29 is 22.4 Å². The van der Waals surface area contributed by atoms with Crippen molar-refractivity contribution in [1.82, 2.24) is 4.90 Å². The maximum Gasteiger partial charge on any atom is 0.261 e. The third kappa shape index (κ3) is 5.92. The molecule has 0 fully saturated rings. The Bertz CT molecular complexity index is 1210. The topological polar surface area (TPSA) is 95.6 Å². The number of likely N-dealkylation sites (N-methyl/N-ethyl adjacent to an activating group) is 1. The molecule has 0 aliphatic carbocycles.